The average molecular weight is 438 g/mol. The van der Waals surface area contributed by atoms with E-state index in [2.05, 4.69) is 75.4 Å². The molecule has 2 fully saturated rings. The van der Waals surface area contributed by atoms with Crippen molar-refractivity contribution < 1.29 is 18.6 Å². The van der Waals surface area contributed by atoms with Gasteiger partial charge in [-0.1, -0.05) is 81.4 Å². The molecule has 2 heterocycles. The fourth-order valence-corrected chi connectivity index (χ4v) is 9.46. The number of benzene rings is 2. The highest BCUT2D eigenvalue weighted by atomic mass is 28.4. The molecule has 164 valence electrons. The molecule has 0 spiro atoms. The Morgan fingerprint density at radius 2 is 1.45 bits per heavy atom. The van der Waals surface area contributed by atoms with Crippen LogP contribution in [-0.4, -0.2) is 45.1 Å². The summed E-state index contributed by atoms with van der Waals surface area (Å²) < 4.78 is 25.1. The molecule has 0 aliphatic carbocycles. The Balaban J connectivity index is 1.70. The predicted molar refractivity (Wildman–Crippen MR) is 122 cm³/mol. The van der Waals surface area contributed by atoms with Crippen LogP contribution in [0, 0.1) is 11.3 Å². The van der Waals surface area contributed by atoms with E-state index in [1.165, 1.54) is 10.4 Å². The molecule has 2 aliphatic rings. The minimum atomic E-state index is -2.69. The Kier molecular flexibility index (Phi) is 5.84. The summed E-state index contributed by atoms with van der Waals surface area (Å²) in [4.78, 5) is 0. The van der Waals surface area contributed by atoms with Crippen LogP contribution in [0.3, 0.4) is 0 Å². The largest absolute Gasteiger partial charge is 0.405 e. The van der Waals surface area contributed by atoms with Crippen LogP contribution in [0.1, 0.15) is 34.6 Å². The minimum absolute atomic E-state index is 0.130. The molecule has 2 saturated heterocycles. The van der Waals surface area contributed by atoms with E-state index in [-0.39, 0.29) is 17.2 Å². The van der Waals surface area contributed by atoms with E-state index in [4.69, 9.17) is 18.6 Å². The third-order valence-corrected chi connectivity index (χ3v) is 11.2. The molecule has 4 atom stereocenters. The normalized spacial score (nSPS) is 27.6. The number of nitriles is 1. The second-order valence-electron chi connectivity index (χ2n) is 9.76. The molecule has 31 heavy (non-hydrogen) atoms. The zero-order valence-corrected chi connectivity index (χ0v) is 19.9. The van der Waals surface area contributed by atoms with Crippen LogP contribution < -0.4 is 10.4 Å². The minimum Gasteiger partial charge on any atom is -0.405 e. The SMILES string of the molecule is CC1(C)O[C@@H]2[C@H](O1)[C@@H](CO[Si](c1ccccc1)(c1ccccc1)C(C)(C)C)O[C@H]2C#N. The molecule has 0 bridgehead atoms. The Bertz CT molecular complexity index is 896. The summed E-state index contributed by atoms with van der Waals surface area (Å²) in [6, 6.07) is 23.2. The van der Waals surface area contributed by atoms with Crippen molar-refractivity contribution in [3.8, 4) is 6.07 Å². The van der Waals surface area contributed by atoms with Gasteiger partial charge in [-0.2, -0.15) is 5.26 Å². The molecule has 0 aromatic heterocycles. The zero-order valence-electron chi connectivity index (χ0n) is 18.9. The number of fused-ring (bicyclic) bond motifs is 1. The summed E-state index contributed by atoms with van der Waals surface area (Å²) in [6.07, 6.45) is -1.73. The summed E-state index contributed by atoms with van der Waals surface area (Å²) in [5.74, 6) is -0.732. The quantitative estimate of drug-likeness (QED) is 0.671. The van der Waals surface area contributed by atoms with Gasteiger partial charge in [-0.3, -0.25) is 0 Å². The van der Waals surface area contributed by atoms with Gasteiger partial charge in [-0.25, -0.2) is 0 Å². The maximum absolute atomic E-state index is 9.57. The highest BCUT2D eigenvalue weighted by Crippen LogP contribution is 2.41. The van der Waals surface area contributed by atoms with Crippen molar-refractivity contribution in [3.05, 3.63) is 60.7 Å². The molecule has 0 unspecified atom stereocenters. The summed E-state index contributed by atoms with van der Waals surface area (Å²) >= 11 is 0. The third-order valence-electron chi connectivity index (χ3n) is 6.16. The first kappa shape index (κ1) is 22.2. The van der Waals surface area contributed by atoms with E-state index in [0.717, 1.165) is 0 Å². The highest BCUT2D eigenvalue weighted by molar-refractivity contribution is 6.99. The van der Waals surface area contributed by atoms with Crippen molar-refractivity contribution in [2.45, 2.75) is 69.9 Å². The van der Waals surface area contributed by atoms with Crippen LogP contribution in [0.15, 0.2) is 60.7 Å². The number of ether oxygens (including phenoxy) is 3. The molecule has 6 heteroatoms. The number of rotatable bonds is 5. The first-order valence-electron chi connectivity index (χ1n) is 10.8. The molecule has 2 aromatic carbocycles. The van der Waals surface area contributed by atoms with Crippen molar-refractivity contribution in [1.29, 1.82) is 5.26 Å². The number of hydrogen-bond donors (Lipinski definition) is 0. The van der Waals surface area contributed by atoms with E-state index >= 15 is 0 Å². The molecule has 0 amide bonds. The van der Waals surface area contributed by atoms with Gasteiger partial charge in [0, 0.05) is 0 Å². The number of hydrogen-bond acceptors (Lipinski definition) is 5. The fourth-order valence-electron chi connectivity index (χ4n) is 4.89. The van der Waals surface area contributed by atoms with Gasteiger partial charge in [0.05, 0.1) is 12.7 Å². The summed E-state index contributed by atoms with van der Waals surface area (Å²) in [5, 5.41) is 11.9. The van der Waals surface area contributed by atoms with Crippen LogP contribution >= 0.6 is 0 Å². The van der Waals surface area contributed by atoms with E-state index in [1.807, 2.05) is 26.0 Å². The van der Waals surface area contributed by atoms with Gasteiger partial charge >= 0.3 is 0 Å². The second kappa shape index (κ2) is 8.16. The van der Waals surface area contributed by atoms with E-state index in [1.54, 1.807) is 0 Å². The van der Waals surface area contributed by atoms with E-state index in [9.17, 15) is 5.26 Å². The van der Waals surface area contributed by atoms with Gasteiger partial charge in [-0.05, 0) is 29.3 Å². The van der Waals surface area contributed by atoms with Crippen LogP contribution in [0.4, 0.5) is 0 Å². The first-order valence-corrected chi connectivity index (χ1v) is 12.7. The zero-order chi connectivity index (χ0) is 22.3. The summed E-state index contributed by atoms with van der Waals surface area (Å²) in [6.45, 7) is 10.8. The van der Waals surface area contributed by atoms with E-state index in [0.29, 0.717) is 6.61 Å². The van der Waals surface area contributed by atoms with Crippen LogP contribution in [-0.2, 0) is 18.6 Å². The lowest BCUT2D eigenvalue weighted by Crippen LogP contribution is -2.67. The summed E-state index contributed by atoms with van der Waals surface area (Å²) in [5.41, 5.74) is 0. The Labute approximate surface area is 186 Å². The highest BCUT2D eigenvalue weighted by Gasteiger charge is 2.57. The lowest BCUT2D eigenvalue weighted by Gasteiger charge is -2.43. The van der Waals surface area contributed by atoms with Gasteiger partial charge in [0.25, 0.3) is 8.32 Å². The lowest BCUT2D eigenvalue weighted by molar-refractivity contribution is -0.184. The van der Waals surface area contributed by atoms with Gasteiger partial charge in [0.15, 0.2) is 11.9 Å². The molecule has 2 aliphatic heterocycles. The molecule has 0 N–H and O–H groups in total. The number of nitrogens with zero attached hydrogens (tertiary/aromatic N) is 1. The van der Waals surface area contributed by atoms with Crippen molar-refractivity contribution in [2.75, 3.05) is 6.61 Å². The maximum atomic E-state index is 9.57. The van der Waals surface area contributed by atoms with E-state index < -0.39 is 26.3 Å². The van der Waals surface area contributed by atoms with Crippen LogP contribution in [0.25, 0.3) is 0 Å². The smallest absolute Gasteiger partial charge is 0.261 e. The molecule has 2 aromatic rings. The van der Waals surface area contributed by atoms with Crippen molar-refractivity contribution in [1.82, 2.24) is 0 Å². The molecule has 4 rings (SSSR count). The summed E-state index contributed by atoms with van der Waals surface area (Å²) in [7, 11) is -2.69. The molecule has 0 radical (unpaired) electrons. The monoisotopic (exact) mass is 437 g/mol. The Morgan fingerprint density at radius 1 is 0.935 bits per heavy atom. The van der Waals surface area contributed by atoms with Crippen molar-refractivity contribution in [2.24, 2.45) is 0 Å². The first-order chi connectivity index (χ1) is 14.7. The maximum Gasteiger partial charge on any atom is 0.261 e. The van der Waals surface area contributed by atoms with Gasteiger partial charge in [0.1, 0.15) is 18.3 Å². The van der Waals surface area contributed by atoms with Gasteiger partial charge in [-0.15, -0.1) is 0 Å². The molecular formula is C25H31NO4Si. The predicted octanol–water partition coefficient (Wildman–Crippen LogP) is 3.37. The standard InChI is InChI=1S/C25H31NO4Si/c1-24(2,3)31(18-12-8-6-9-13-18,19-14-10-7-11-15-19)27-17-21-23-22(20(16-26)28-21)29-25(4,5)30-23/h6-15,20-23H,17H2,1-5H3/t20-,21+,22-,23+/m0/s1. The van der Waals surface area contributed by atoms with Gasteiger partial charge < -0.3 is 18.6 Å². The average Bonchev–Trinajstić information content (AvgIpc) is 3.22. The fraction of sp³-hybridized carbons (Fsp3) is 0.480. The topological polar surface area (TPSA) is 60.7 Å². The second-order valence-corrected chi connectivity index (χ2v) is 14.1. The lowest BCUT2D eigenvalue weighted by atomic mass is 10.1. The van der Waals surface area contributed by atoms with Gasteiger partial charge in [0.2, 0.25) is 0 Å². The molecular weight excluding hydrogens is 406 g/mol. The van der Waals surface area contributed by atoms with Crippen LogP contribution in [0.2, 0.25) is 5.04 Å². The Hall–Kier alpha value is -2.01. The molecule has 5 nitrogen and oxygen atoms in total. The third kappa shape index (κ3) is 3.97. The van der Waals surface area contributed by atoms with Crippen molar-refractivity contribution >= 4 is 18.7 Å². The van der Waals surface area contributed by atoms with Crippen LogP contribution in [0.5, 0.6) is 0 Å². The van der Waals surface area contributed by atoms with Crippen molar-refractivity contribution in [3.63, 3.8) is 0 Å². The Morgan fingerprint density at radius 3 is 1.94 bits per heavy atom. The molecule has 0 saturated carbocycles.